The van der Waals surface area contributed by atoms with Crippen LogP contribution in [0.4, 0.5) is 4.39 Å². The number of benzene rings is 1. The molecule has 0 fully saturated rings. The summed E-state index contributed by atoms with van der Waals surface area (Å²) >= 11 is 0. The number of amides is 1. The first-order valence-electron chi connectivity index (χ1n) is 6.03. The van der Waals surface area contributed by atoms with E-state index < -0.39 is 11.8 Å². The summed E-state index contributed by atoms with van der Waals surface area (Å²) in [6, 6.07) is 3.91. The molecule has 1 aromatic carbocycles. The number of carbonyl (C=O) groups is 2. The van der Waals surface area contributed by atoms with Crippen molar-refractivity contribution in [3.8, 4) is 0 Å². The van der Waals surface area contributed by atoms with Gasteiger partial charge in [-0.05, 0) is 32.3 Å². The van der Waals surface area contributed by atoms with Gasteiger partial charge in [0.25, 0.3) is 5.91 Å². The van der Waals surface area contributed by atoms with Crippen LogP contribution in [0.3, 0.4) is 0 Å². The van der Waals surface area contributed by atoms with E-state index in [2.05, 4.69) is 5.32 Å². The summed E-state index contributed by atoms with van der Waals surface area (Å²) in [4.78, 5) is 24.0. The van der Waals surface area contributed by atoms with Crippen LogP contribution in [-0.4, -0.2) is 49.1 Å². The zero-order valence-electron chi connectivity index (χ0n) is 11.4. The van der Waals surface area contributed by atoms with Crippen molar-refractivity contribution < 1.29 is 19.1 Å². The molecular formula is C14H17FN2O3. The number of hydrogen-bond acceptors (Lipinski definition) is 3. The zero-order chi connectivity index (χ0) is 15.1. The molecule has 2 N–H and O–H groups in total. The molecule has 0 saturated carbocycles. The van der Waals surface area contributed by atoms with Gasteiger partial charge in [-0.15, -0.1) is 0 Å². The van der Waals surface area contributed by atoms with Gasteiger partial charge in [-0.3, -0.25) is 4.79 Å². The minimum atomic E-state index is -1.16. The highest BCUT2D eigenvalue weighted by atomic mass is 19.1. The van der Waals surface area contributed by atoms with Crippen LogP contribution in [0.25, 0.3) is 6.08 Å². The Balaban J connectivity index is 2.71. The van der Waals surface area contributed by atoms with Crippen molar-refractivity contribution in [1.82, 2.24) is 10.2 Å². The molecule has 0 aliphatic heterocycles. The van der Waals surface area contributed by atoms with Gasteiger partial charge in [0.05, 0.1) is 0 Å². The smallest absolute Gasteiger partial charge is 0.328 e. The molecule has 0 spiro atoms. The Labute approximate surface area is 116 Å². The van der Waals surface area contributed by atoms with Gasteiger partial charge in [0, 0.05) is 30.3 Å². The van der Waals surface area contributed by atoms with E-state index in [1.54, 1.807) is 0 Å². The van der Waals surface area contributed by atoms with Gasteiger partial charge < -0.3 is 15.3 Å². The number of carboxylic acids is 1. The lowest BCUT2D eigenvalue weighted by molar-refractivity contribution is -0.131. The highest BCUT2D eigenvalue weighted by Crippen LogP contribution is 2.12. The van der Waals surface area contributed by atoms with E-state index in [4.69, 9.17) is 5.11 Å². The van der Waals surface area contributed by atoms with E-state index in [0.717, 1.165) is 18.2 Å². The number of carbonyl (C=O) groups excluding carboxylic acids is 1. The van der Waals surface area contributed by atoms with Crippen LogP contribution in [0.15, 0.2) is 24.3 Å². The third kappa shape index (κ3) is 5.19. The van der Waals surface area contributed by atoms with Crippen LogP contribution in [-0.2, 0) is 4.79 Å². The number of likely N-dealkylation sites (N-methyl/N-ethyl adjacent to an activating group) is 1. The molecule has 1 rings (SSSR count). The number of carboxylic acid groups (broad SMARTS) is 1. The second kappa shape index (κ2) is 7.40. The van der Waals surface area contributed by atoms with Crippen LogP contribution < -0.4 is 5.32 Å². The fraction of sp³-hybridized carbons (Fsp3) is 0.286. The zero-order valence-corrected chi connectivity index (χ0v) is 11.4. The van der Waals surface area contributed by atoms with Crippen molar-refractivity contribution in [2.24, 2.45) is 0 Å². The maximum Gasteiger partial charge on any atom is 0.328 e. The Morgan fingerprint density at radius 2 is 2.10 bits per heavy atom. The third-order valence-electron chi connectivity index (χ3n) is 2.51. The average Bonchev–Trinajstić information content (AvgIpc) is 2.36. The molecule has 0 aliphatic carbocycles. The van der Waals surface area contributed by atoms with Crippen molar-refractivity contribution >= 4 is 18.0 Å². The maximum atomic E-state index is 13.7. The van der Waals surface area contributed by atoms with E-state index in [-0.39, 0.29) is 17.0 Å². The molecule has 0 saturated heterocycles. The number of nitrogens with one attached hydrogen (secondary N) is 1. The van der Waals surface area contributed by atoms with Crippen LogP contribution in [0.2, 0.25) is 0 Å². The molecule has 108 valence electrons. The van der Waals surface area contributed by atoms with E-state index in [1.807, 2.05) is 19.0 Å². The fourth-order valence-electron chi connectivity index (χ4n) is 1.46. The first-order valence-corrected chi connectivity index (χ1v) is 6.03. The predicted octanol–water partition coefficient (Wildman–Crippen LogP) is 1.21. The Bertz CT molecular complexity index is 527. The van der Waals surface area contributed by atoms with Gasteiger partial charge >= 0.3 is 5.97 Å². The normalized spacial score (nSPS) is 11.0. The summed E-state index contributed by atoms with van der Waals surface area (Å²) in [5.74, 6) is -2.16. The van der Waals surface area contributed by atoms with Gasteiger partial charge in [-0.1, -0.05) is 6.07 Å². The van der Waals surface area contributed by atoms with Gasteiger partial charge in [-0.2, -0.15) is 0 Å². The van der Waals surface area contributed by atoms with Crippen LogP contribution >= 0.6 is 0 Å². The van der Waals surface area contributed by atoms with Crippen LogP contribution in [0.1, 0.15) is 15.9 Å². The lowest BCUT2D eigenvalue weighted by atomic mass is 10.1. The Hall–Kier alpha value is -2.21. The highest BCUT2D eigenvalue weighted by molar-refractivity contribution is 5.94. The SMILES string of the molecule is CN(C)CCNC(=O)c1ccc(C=CC(=O)O)c(F)c1. The predicted molar refractivity (Wildman–Crippen MR) is 74.0 cm³/mol. The summed E-state index contributed by atoms with van der Waals surface area (Å²) in [6.45, 7) is 1.15. The van der Waals surface area contributed by atoms with E-state index in [9.17, 15) is 14.0 Å². The number of nitrogens with zero attached hydrogens (tertiary/aromatic N) is 1. The second-order valence-corrected chi connectivity index (χ2v) is 4.47. The Kier molecular flexibility index (Phi) is 5.86. The molecule has 1 amide bonds. The van der Waals surface area contributed by atoms with Crippen molar-refractivity contribution in [2.45, 2.75) is 0 Å². The number of halogens is 1. The molecule has 0 unspecified atom stereocenters. The van der Waals surface area contributed by atoms with Gasteiger partial charge in [-0.25, -0.2) is 9.18 Å². The first-order chi connectivity index (χ1) is 9.40. The number of aliphatic carboxylic acids is 1. The lowest BCUT2D eigenvalue weighted by Crippen LogP contribution is -2.31. The molecule has 0 aromatic heterocycles. The minimum absolute atomic E-state index is 0.122. The van der Waals surface area contributed by atoms with E-state index >= 15 is 0 Å². The summed E-state index contributed by atoms with van der Waals surface area (Å²) in [7, 11) is 3.77. The first kappa shape index (κ1) is 15.8. The van der Waals surface area contributed by atoms with E-state index in [0.29, 0.717) is 13.1 Å². The van der Waals surface area contributed by atoms with Crippen LogP contribution in [0.5, 0.6) is 0 Å². The molecule has 0 heterocycles. The molecular weight excluding hydrogens is 263 g/mol. The van der Waals surface area contributed by atoms with Crippen molar-refractivity contribution in [2.75, 3.05) is 27.2 Å². The molecule has 0 radical (unpaired) electrons. The summed E-state index contributed by atoms with van der Waals surface area (Å²) in [5, 5.41) is 11.1. The summed E-state index contributed by atoms with van der Waals surface area (Å²) in [5.41, 5.74) is 0.325. The molecule has 6 heteroatoms. The number of hydrogen-bond donors (Lipinski definition) is 2. The fourth-order valence-corrected chi connectivity index (χ4v) is 1.46. The van der Waals surface area contributed by atoms with Gasteiger partial charge in [0.15, 0.2) is 0 Å². The lowest BCUT2D eigenvalue weighted by Gasteiger charge is -2.10. The highest BCUT2D eigenvalue weighted by Gasteiger charge is 2.08. The third-order valence-corrected chi connectivity index (χ3v) is 2.51. The average molecular weight is 280 g/mol. The topological polar surface area (TPSA) is 69.6 Å². The Morgan fingerprint density at radius 3 is 2.65 bits per heavy atom. The second-order valence-electron chi connectivity index (χ2n) is 4.47. The standard InChI is InChI=1S/C14H17FN2O3/c1-17(2)8-7-16-14(20)11-4-3-10(12(15)9-11)5-6-13(18)19/h3-6,9H,7-8H2,1-2H3,(H,16,20)(H,18,19). The molecule has 0 atom stereocenters. The largest absolute Gasteiger partial charge is 0.478 e. The van der Waals surface area contributed by atoms with Gasteiger partial charge in [0.1, 0.15) is 5.82 Å². The Morgan fingerprint density at radius 1 is 1.40 bits per heavy atom. The van der Waals surface area contributed by atoms with Crippen LogP contribution in [0, 0.1) is 5.82 Å². The van der Waals surface area contributed by atoms with Crippen molar-refractivity contribution in [3.05, 3.63) is 41.2 Å². The van der Waals surface area contributed by atoms with Crippen molar-refractivity contribution in [3.63, 3.8) is 0 Å². The molecule has 5 nitrogen and oxygen atoms in total. The molecule has 0 aliphatic rings. The van der Waals surface area contributed by atoms with Crippen molar-refractivity contribution in [1.29, 1.82) is 0 Å². The number of rotatable bonds is 6. The molecule has 0 bridgehead atoms. The summed E-state index contributed by atoms with van der Waals surface area (Å²) < 4.78 is 13.7. The molecule has 20 heavy (non-hydrogen) atoms. The molecule has 1 aromatic rings. The summed E-state index contributed by atoms with van der Waals surface area (Å²) in [6.07, 6.45) is 1.99. The van der Waals surface area contributed by atoms with E-state index in [1.165, 1.54) is 12.1 Å². The van der Waals surface area contributed by atoms with Gasteiger partial charge in [0.2, 0.25) is 0 Å². The quantitative estimate of drug-likeness (QED) is 0.769. The monoisotopic (exact) mass is 280 g/mol. The maximum absolute atomic E-state index is 13.7. The minimum Gasteiger partial charge on any atom is -0.478 e.